The Morgan fingerprint density at radius 1 is 1.25 bits per heavy atom. The lowest BCUT2D eigenvalue weighted by molar-refractivity contribution is 1.17. The largest absolute Gasteiger partial charge is 0.397 e. The molecule has 0 radical (unpaired) electrons. The maximum absolute atomic E-state index is 5.71. The Bertz CT molecular complexity index is 391. The fourth-order valence-corrected chi connectivity index (χ4v) is 1.25. The molecule has 0 saturated heterocycles. The molecule has 1 aromatic carbocycles. The first-order chi connectivity index (χ1) is 5.68. The summed E-state index contributed by atoms with van der Waals surface area (Å²) >= 11 is 0. The van der Waals surface area contributed by atoms with Crippen molar-refractivity contribution in [2.24, 2.45) is 0 Å². The summed E-state index contributed by atoms with van der Waals surface area (Å²) in [5.41, 5.74) is 14.3. The van der Waals surface area contributed by atoms with Crippen LogP contribution >= 0.6 is 0 Å². The Hall–Kier alpha value is -1.71. The molecule has 2 aromatic rings. The zero-order chi connectivity index (χ0) is 8.72. The molecule has 0 saturated carbocycles. The van der Waals surface area contributed by atoms with Gasteiger partial charge in [-0.2, -0.15) is 0 Å². The zero-order valence-corrected chi connectivity index (χ0v) is 6.76. The van der Waals surface area contributed by atoms with Gasteiger partial charge in [0.1, 0.15) is 11.3 Å². The van der Waals surface area contributed by atoms with Gasteiger partial charge >= 0.3 is 0 Å². The van der Waals surface area contributed by atoms with Gasteiger partial charge in [-0.15, -0.1) is 0 Å². The predicted octanol–water partition coefficient (Wildman–Crippen LogP) is 1.04. The molecule has 1 heterocycles. The molecule has 4 nitrogen and oxygen atoms in total. The minimum Gasteiger partial charge on any atom is -0.397 e. The summed E-state index contributed by atoms with van der Waals surface area (Å²) in [7, 11) is 0. The van der Waals surface area contributed by atoms with Crippen molar-refractivity contribution in [1.29, 1.82) is 0 Å². The first-order valence-corrected chi connectivity index (χ1v) is 3.69. The van der Waals surface area contributed by atoms with Gasteiger partial charge < -0.3 is 16.5 Å². The third kappa shape index (κ3) is 0.812. The van der Waals surface area contributed by atoms with E-state index in [2.05, 4.69) is 9.97 Å². The number of hydrogen-bond donors (Lipinski definition) is 3. The van der Waals surface area contributed by atoms with E-state index >= 15 is 0 Å². The van der Waals surface area contributed by atoms with Crippen LogP contribution in [0.15, 0.2) is 12.1 Å². The maximum Gasteiger partial charge on any atom is 0.114 e. The van der Waals surface area contributed by atoms with E-state index < -0.39 is 0 Å². The third-order valence-corrected chi connectivity index (χ3v) is 1.83. The van der Waals surface area contributed by atoms with Gasteiger partial charge in [0.25, 0.3) is 0 Å². The molecule has 2 rings (SSSR count). The van der Waals surface area contributed by atoms with E-state index in [1.807, 2.05) is 6.92 Å². The maximum atomic E-state index is 5.71. The first kappa shape index (κ1) is 6.97. The highest BCUT2D eigenvalue weighted by Gasteiger charge is 2.04. The van der Waals surface area contributed by atoms with Gasteiger partial charge in [-0.25, -0.2) is 4.98 Å². The van der Waals surface area contributed by atoms with Gasteiger partial charge in [0.15, 0.2) is 0 Å². The Morgan fingerprint density at radius 3 is 2.58 bits per heavy atom. The van der Waals surface area contributed by atoms with Crippen LogP contribution in [-0.4, -0.2) is 9.97 Å². The van der Waals surface area contributed by atoms with E-state index in [0.717, 1.165) is 16.9 Å². The fraction of sp³-hybridized carbons (Fsp3) is 0.125. The summed E-state index contributed by atoms with van der Waals surface area (Å²) in [5, 5.41) is 0. The standard InChI is InChI=1S/C8H10N4/c1-4-11-7-5(9)2-3-6(10)8(7)12-4/h2-3H,9-10H2,1H3,(H,11,12). The van der Waals surface area contributed by atoms with Crippen molar-refractivity contribution in [3.05, 3.63) is 18.0 Å². The molecule has 0 aliphatic heterocycles. The monoisotopic (exact) mass is 162 g/mol. The molecule has 0 aliphatic rings. The molecule has 0 unspecified atom stereocenters. The van der Waals surface area contributed by atoms with Crippen LogP contribution < -0.4 is 11.5 Å². The molecule has 0 fully saturated rings. The Kier molecular flexibility index (Phi) is 1.24. The molecular formula is C8H10N4. The van der Waals surface area contributed by atoms with Crippen molar-refractivity contribution in [1.82, 2.24) is 9.97 Å². The number of aryl methyl sites for hydroxylation is 1. The van der Waals surface area contributed by atoms with Crippen molar-refractivity contribution in [3.8, 4) is 0 Å². The number of aromatic amines is 1. The third-order valence-electron chi connectivity index (χ3n) is 1.83. The molecule has 0 bridgehead atoms. The molecule has 4 heteroatoms. The summed E-state index contributed by atoms with van der Waals surface area (Å²) < 4.78 is 0. The van der Waals surface area contributed by atoms with Crippen LogP contribution in [0.2, 0.25) is 0 Å². The van der Waals surface area contributed by atoms with Crippen LogP contribution in [0, 0.1) is 6.92 Å². The van der Waals surface area contributed by atoms with Crippen molar-refractivity contribution in [3.63, 3.8) is 0 Å². The van der Waals surface area contributed by atoms with E-state index in [9.17, 15) is 0 Å². The average molecular weight is 162 g/mol. The first-order valence-electron chi connectivity index (χ1n) is 3.69. The topological polar surface area (TPSA) is 80.7 Å². The number of H-pyrrole nitrogens is 1. The second-order valence-corrected chi connectivity index (χ2v) is 2.79. The van der Waals surface area contributed by atoms with E-state index in [-0.39, 0.29) is 0 Å². The normalized spacial score (nSPS) is 10.8. The van der Waals surface area contributed by atoms with Gasteiger partial charge in [-0.05, 0) is 19.1 Å². The predicted molar refractivity (Wildman–Crippen MR) is 49.7 cm³/mol. The van der Waals surface area contributed by atoms with Crippen LogP contribution in [0.5, 0.6) is 0 Å². The lowest BCUT2D eigenvalue weighted by Crippen LogP contribution is -1.90. The number of benzene rings is 1. The molecule has 5 N–H and O–H groups in total. The van der Waals surface area contributed by atoms with Crippen molar-refractivity contribution < 1.29 is 0 Å². The van der Waals surface area contributed by atoms with Gasteiger partial charge in [0, 0.05) is 0 Å². The quantitative estimate of drug-likeness (QED) is 0.506. The van der Waals surface area contributed by atoms with E-state index in [1.165, 1.54) is 0 Å². The zero-order valence-electron chi connectivity index (χ0n) is 6.76. The Balaban J connectivity index is 2.93. The SMILES string of the molecule is Cc1nc2c(N)ccc(N)c2[nH]1. The van der Waals surface area contributed by atoms with Crippen LogP contribution in [-0.2, 0) is 0 Å². The van der Waals surface area contributed by atoms with Crippen LogP contribution in [0.25, 0.3) is 11.0 Å². The number of imidazole rings is 1. The number of nitrogens with one attached hydrogen (secondary N) is 1. The van der Waals surface area contributed by atoms with Crippen LogP contribution in [0.3, 0.4) is 0 Å². The summed E-state index contributed by atoms with van der Waals surface area (Å²) in [6.45, 7) is 1.87. The summed E-state index contributed by atoms with van der Waals surface area (Å²) in [6, 6.07) is 3.53. The lowest BCUT2D eigenvalue weighted by Gasteiger charge is -1.96. The minimum atomic E-state index is 0.656. The average Bonchev–Trinajstić information content (AvgIpc) is 2.41. The minimum absolute atomic E-state index is 0.656. The highest BCUT2D eigenvalue weighted by atomic mass is 14.9. The smallest absolute Gasteiger partial charge is 0.114 e. The fourth-order valence-electron chi connectivity index (χ4n) is 1.25. The molecule has 62 valence electrons. The summed E-state index contributed by atoms with van der Waals surface area (Å²) in [6.07, 6.45) is 0. The van der Waals surface area contributed by atoms with E-state index in [0.29, 0.717) is 11.4 Å². The van der Waals surface area contributed by atoms with E-state index in [4.69, 9.17) is 11.5 Å². The molecular weight excluding hydrogens is 152 g/mol. The number of hydrogen-bond acceptors (Lipinski definition) is 3. The second-order valence-electron chi connectivity index (χ2n) is 2.79. The van der Waals surface area contributed by atoms with Crippen molar-refractivity contribution in [2.45, 2.75) is 6.92 Å². The number of nitrogen functional groups attached to an aromatic ring is 2. The Morgan fingerprint density at radius 2 is 1.92 bits per heavy atom. The number of nitrogens with zero attached hydrogens (tertiary/aromatic N) is 1. The van der Waals surface area contributed by atoms with Crippen molar-refractivity contribution in [2.75, 3.05) is 11.5 Å². The summed E-state index contributed by atoms with van der Waals surface area (Å²) in [5.74, 6) is 0.828. The van der Waals surface area contributed by atoms with E-state index in [1.54, 1.807) is 12.1 Å². The highest BCUT2D eigenvalue weighted by Crippen LogP contribution is 2.23. The number of nitrogens with two attached hydrogens (primary N) is 2. The van der Waals surface area contributed by atoms with Crippen LogP contribution in [0.1, 0.15) is 5.82 Å². The van der Waals surface area contributed by atoms with Gasteiger partial charge in [-0.3, -0.25) is 0 Å². The molecule has 0 atom stereocenters. The lowest BCUT2D eigenvalue weighted by atomic mass is 10.2. The van der Waals surface area contributed by atoms with Gasteiger partial charge in [-0.1, -0.05) is 0 Å². The second kappa shape index (κ2) is 2.14. The summed E-state index contributed by atoms with van der Waals surface area (Å²) in [4.78, 5) is 7.26. The number of aromatic nitrogens is 2. The van der Waals surface area contributed by atoms with Gasteiger partial charge in [0.05, 0.1) is 16.9 Å². The molecule has 0 spiro atoms. The van der Waals surface area contributed by atoms with Crippen molar-refractivity contribution >= 4 is 22.4 Å². The molecule has 1 aromatic heterocycles. The number of rotatable bonds is 0. The molecule has 12 heavy (non-hydrogen) atoms. The van der Waals surface area contributed by atoms with Crippen LogP contribution in [0.4, 0.5) is 11.4 Å². The molecule has 0 amide bonds. The Labute approximate surface area is 69.6 Å². The molecule has 0 aliphatic carbocycles. The number of anilines is 2. The van der Waals surface area contributed by atoms with Gasteiger partial charge in [0.2, 0.25) is 0 Å². The highest BCUT2D eigenvalue weighted by molar-refractivity contribution is 5.95. The number of fused-ring (bicyclic) bond motifs is 1.